The number of methoxy groups -OCH3 is 1. The summed E-state index contributed by atoms with van der Waals surface area (Å²) in [5, 5.41) is 3.57. The van der Waals surface area contributed by atoms with E-state index < -0.39 is 11.6 Å². The van der Waals surface area contributed by atoms with Gasteiger partial charge < -0.3 is 15.8 Å². The van der Waals surface area contributed by atoms with Crippen molar-refractivity contribution in [1.29, 1.82) is 0 Å². The van der Waals surface area contributed by atoms with Gasteiger partial charge in [0.05, 0.1) is 18.3 Å². The van der Waals surface area contributed by atoms with Crippen LogP contribution in [0.5, 0.6) is 5.75 Å². The number of anilines is 3. The lowest BCUT2D eigenvalue weighted by Gasteiger charge is -2.11. The minimum atomic E-state index is -0.940. The van der Waals surface area contributed by atoms with Gasteiger partial charge >= 0.3 is 0 Å². The van der Waals surface area contributed by atoms with Crippen LogP contribution in [0.25, 0.3) is 10.9 Å². The van der Waals surface area contributed by atoms with Crippen molar-refractivity contribution < 1.29 is 13.5 Å². The minimum absolute atomic E-state index is 0.369. The van der Waals surface area contributed by atoms with Crippen molar-refractivity contribution in [3.63, 3.8) is 0 Å². The summed E-state index contributed by atoms with van der Waals surface area (Å²) >= 11 is 0. The van der Waals surface area contributed by atoms with Gasteiger partial charge in [0.2, 0.25) is 0 Å². The van der Waals surface area contributed by atoms with Crippen LogP contribution in [0.3, 0.4) is 0 Å². The lowest BCUT2D eigenvalue weighted by Crippen LogP contribution is -1.99. The predicted octanol–water partition coefficient (Wildman–Crippen LogP) is 3.24. The number of nitrogens with zero attached hydrogens (tertiary/aromatic N) is 2. The molecular formula is C15H12F2N4O. The molecule has 0 radical (unpaired) electrons. The molecule has 22 heavy (non-hydrogen) atoms. The number of nitrogens with one attached hydrogen (secondary N) is 1. The summed E-state index contributed by atoms with van der Waals surface area (Å²) < 4.78 is 31.4. The molecule has 0 amide bonds. The Bertz CT molecular complexity index is 854. The molecule has 0 aliphatic carbocycles. The molecule has 0 saturated heterocycles. The van der Waals surface area contributed by atoms with Crippen LogP contribution in [0.4, 0.5) is 26.0 Å². The summed E-state index contributed by atoms with van der Waals surface area (Å²) in [5.74, 6) is -0.910. The van der Waals surface area contributed by atoms with Gasteiger partial charge in [-0.05, 0) is 18.2 Å². The van der Waals surface area contributed by atoms with Crippen LogP contribution in [0.2, 0.25) is 0 Å². The number of fused-ring (bicyclic) bond motifs is 1. The fourth-order valence-corrected chi connectivity index (χ4v) is 2.09. The van der Waals surface area contributed by atoms with Gasteiger partial charge in [-0.25, -0.2) is 18.7 Å². The number of rotatable bonds is 3. The topological polar surface area (TPSA) is 73.1 Å². The van der Waals surface area contributed by atoms with Crippen molar-refractivity contribution >= 4 is 28.1 Å². The molecule has 7 heteroatoms. The molecule has 0 aliphatic heterocycles. The number of ether oxygens (including phenoxy) is 1. The van der Waals surface area contributed by atoms with E-state index in [0.29, 0.717) is 33.8 Å². The van der Waals surface area contributed by atoms with E-state index in [0.717, 1.165) is 12.1 Å². The van der Waals surface area contributed by atoms with Gasteiger partial charge in [-0.1, -0.05) is 0 Å². The molecule has 0 unspecified atom stereocenters. The first-order chi connectivity index (χ1) is 10.6. The summed E-state index contributed by atoms with van der Waals surface area (Å²) in [6, 6.07) is 6.85. The molecule has 3 rings (SSSR count). The first kappa shape index (κ1) is 14.0. The average molecular weight is 302 g/mol. The Hall–Kier alpha value is -2.96. The SMILES string of the molecule is COc1cc2ncnc(Nc3ccc(F)c(F)c3)c2cc1N. The summed E-state index contributed by atoms with van der Waals surface area (Å²) in [5.41, 5.74) is 7.30. The van der Waals surface area contributed by atoms with E-state index in [1.807, 2.05) is 0 Å². The van der Waals surface area contributed by atoms with E-state index in [4.69, 9.17) is 10.5 Å². The zero-order valence-corrected chi connectivity index (χ0v) is 11.6. The fraction of sp³-hybridized carbons (Fsp3) is 0.0667. The predicted molar refractivity (Wildman–Crippen MR) is 80.1 cm³/mol. The van der Waals surface area contributed by atoms with Crippen molar-refractivity contribution in [2.75, 3.05) is 18.2 Å². The number of nitrogen functional groups attached to an aromatic ring is 1. The van der Waals surface area contributed by atoms with Gasteiger partial charge in [0.1, 0.15) is 17.9 Å². The number of benzene rings is 2. The van der Waals surface area contributed by atoms with E-state index in [1.54, 1.807) is 12.1 Å². The number of nitrogens with two attached hydrogens (primary N) is 1. The first-order valence-electron chi connectivity index (χ1n) is 6.39. The summed E-state index contributed by atoms with van der Waals surface area (Å²) in [6.07, 6.45) is 1.36. The third-order valence-electron chi connectivity index (χ3n) is 3.17. The summed E-state index contributed by atoms with van der Waals surface area (Å²) in [6.45, 7) is 0. The van der Waals surface area contributed by atoms with E-state index in [1.165, 1.54) is 19.5 Å². The Morgan fingerprint density at radius 1 is 1.09 bits per heavy atom. The highest BCUT2D eigenvalue weighted by molar-refractivity contribution is 5.94. The Balaban J connectivity index is 2.06. The van der Waals surface area contributed by atoms with Crippen LogP contribution < -0.4 is 15.8 Å². The normalized spacial score (nSPS) is 10.7. The number of hydrogen-bond acceptors (Lipinski definition) is 5. The van der Waals surface area contributed by atoms with Crippen LogP contribution >= 0.6 is 0 Å². The number of hydrogen-bond donors (Lipinski definition) is 2. The molecule has 3 N–H and O–H groups in total. The molecule has 5 nitrogen and oxygen atoms in total. The van der Waals surface area contributed by atoms with Crippen molar-refractivity contribution in [3.8, 4) is 5.75 Å². The van der Waals surface area contributed by atoms with Crippen molar-refractivity contribution in [1.82, 2.24) is 9.97 Å². The molecule has 0 atom stereocenters. The Morgan fingerprint density at radius 2 is 1.91 bits per heavy atom. The van der Waals surface area contributed by atoms with Crippen LogP contribution in [0.1, 0.15) is 0 Å². The molecule has 3 aromatic rings. The highest BCUT2D eigenvalue weighted by atomic mass is 19.2. The molecule has 0 aliphatic rings. The minimum Gasteiger partial charge on any atom is -0.495 e. The maximum atomic E-state index is 13.3. The highest BCUT2D eigenvalue weighted by Gasteiger charge is 2.10. The Morgan fingerprint density at radius 3 is 2.64 bits per heavy atom. The molecule has 112 valence electrons. The molecular weight excluding hydrogens is 290 g/mol. The third kappa shape index (κ3) is 2.48. The monoisotopic (exact) mass is 302 g/mol. The maximum absolute atomic E-state index is 13.3. The van der Waals surface area contributed by atoms with Gasteiger partial charge in [-0.3, -0.25) is 0 Å². The Kier molecular flexibility index (Phi) is 3.46. The molecule has 1 aromatic heterocycles. The largest absolute Gasteiger partial charge is 0.495 e. The van der Waals surface area contributed by atoms with Gasteiger partial charge in [0, 0.05) is 23.2 Å². The second-order valence-electron chi connectivity index (χ2n) is 4.59. The molecule has 0 spiro atoms. The smallest absolute Gasteiger partial charge is 0.160 e. The molecule has 2 aromatic carbocycles. The van der Waals surface area contributed by atoms with Crippen LogP contribution in [-0.4, -0.2) is 17.1 Å². The lowest BCUT2D eigenvalue weighted by molar-refractivity contribution is 0.417. The summed E-state index contributed by atoms with van der Waals surface area (Å²) in [7, 11) is 1.51. The molecule has 0 fully saturated rings. The van der Waals surface area contributed by atoms with E-state index in [-0.39, 0.29) is 0 Å². The van der Waals surface area contributed by atoms with Crippen LogP contribution in [0, 0.1) is 11.6 Å². The van der Waals surface area contributed by atoms with Crippen LogP contribution in [-0.2, 0) is 0 Å². The quantitative estimate of drug-likeness (QED) is 0.727. The van der Waals surface area contributed by atoms with Crippen LogP contribution in [0.15, 0.2) is 36.7 Å². The van der Waals surface area contributed by atoms with Gasteiger partial charge in [-0.2, -0.15) is 0 Å². The lowest BCUT2D eigenvalue weighted by atomic mass is 10.2. The highest BCUT2D eigenvalue weighted by Crippen LogP contribution is 2.31. The van der Waals surface area contributed by atoms with Crippen molar-refractivity contribution in [2.24, 2.45) is 0 Å². The van der Waals surface area contributed by atoms with E-state index >= 15 is 0 Å². The van der Waals surface area contributed by atoms with E-state index in [2.05, 4.69) is 15.3 Å². The second kappa shape index (κ2) is 5.44. The number of aromatic nitrogens is 2. The molecule has 0 saturated carbocycles. The Labute approximate surface area is 124 Å². The third-order valence-corrected chi connectivity index (χ3v) is 3.17. The van der Waals surface area contributed by atoms with Gasteiger partial charge in [0.15, 0.2) is 11.6 Å². The zero-order chi connectivity index (χ0) is 15.7. The summed E-state index contributed by atoms with van der Waals surface area (Å²) in [4.78, 5) is 8.26. The standard InChI is InChI=1S/C15H12F2N4O/c1-22-14-6-13-9(5-12(14)18)15(20-7-19-13)21-8-2-3-10(16)11(17)4-8/h2-7H,18H2,1H3,(H,19,20,21). The van der Waals surface area contributed by atoms with Crippen molar-refractivity contribution in [3.05, 3.63) is 48.3 Å². The van der Waals surface area contributed by atoms with Gasteiger partial charge in [-0.15, -0.1) is 0 Å². The fourth-order valence-electron chi connectivity index (χ4n) is 2.09. The van der Waals surface area contributed by atoms with Crippen molar-refractivity contribution in [2.45, 2.75) is 0 Å². The van der Waals surface area contributed by atoms with Gasteiger partial charge in [0.25, 0.3) is 0 Å². The first-order valence-corrected chi connectivity index (χ1v) is 6.39. The zero-order valence-electron chi connectivity index (χ0n) is 11.6. The number of halogens is 2. The molecule has 1 heterocycles. The maximum Gasteiger partial charge on any atom is 0.160 e. The molecule has 0 bridgehead atoms. The average Bonchev–Trinajstić information content (AvgIpc) is 2.51. The second-order valence-corrected chi connectivity index (χ2v) is 4.59. The van der Waals surface area contributed by atoms with E-state index in [9.17, 15) is 8.78 Å².